The third kappa shape index (κ3) is 3.19. The van der Waals surface area contributed by atoms with Gasteiger partial charge in [0.05, 0.1) is 11.5 Å². The van der Waals surface area contributed by atoms with E-state index in [4.69, 9.17) is 11.6 Å². The van der Waals surface area contributed by atoms with Gasteiger partial charge >= 0.3 is 0 Å². The van der Waals surface area contributed by atoms with Gasteiger partial charge in [0.2, 0.25) is 11.9 Å². The number of anilines is 1. The fraction of sp³-hybridized carbons (Fsp3) is 0.500. The molecule has 0 aliphatic carbocycles. The number of hydrogen-bond donors (Lipinski definition) is 0. The second-order valence-electron chi connectivity index (χ2n) is 8.57. The fourth-order valence-electron chi connectivity index (χ4n) is 5.59. The summed E-state index contributed by atoms with van der Waals surface area (Å²) >= 11 is 6.01. The molecule has 3 fully saturated rings. The Labute approximate surface area is 176 Å². The molecular formula is C22H26ClN5O. The molecule has 152 valence electrons. The van der Waals surface area contributed by atoms with Crippen LogP contribution in [-0.2, 0) is 11.3 Å². The van der Waals surface area contributed by atoms with Gasteiger partial charge in [0, 0.05) is 63.1 Å². The lowest BCUT2D eigenvalue weighted by Crippen LogP contribution is -2.55. The van der Waals surface area contributed by atoms with Crippen molar-refractivity contribution in [2.24, 2.45) is 11.8 Å². The number of nitrogens with zero attached hydrogens (tertiary/aromatic N) is 5. The Morgan fingerprint density at radius 2 is 1.79 bits per heavy atom. The SMILES string of the molecule is CN1C(=O)[C@@H]2CN(c3ncccn3)C[C@@H]2C12CCN(Cc1ccc(Cl)cc1)CC2. The van der Waals surface area contributed by atoms with E-state index in [9.17, 15) is 4.79 Å². The highest BCUT2D eigenvalue weighted by Crippen LogP contribution is 2.49. The van der Waals surface area contributed by atoms with Crippen molar-refractivity contribution in [3.05, 3.63) is 53.3 Å². The van der Waals surface area contributed by atoms with E-state index in [0.29, 0.717) is 11.8 Å². The minimum absolute atomic E-state index is 0.0399. The number of benzene rings is 1. The first-order chi connectivity index (χ1) is 14.1. The van der Waals surface area contributed by atoms with Crippen LogP contribution < -0.4 is 4.90 Å². The van der Waals surface area contributed by atoms with Gasteiger partial charge in [-0.25, -0.2) is 9.97 Å². The molecule has 0 unspecified atom stereocenters. The van der Waals surface area contributed by atoms with Crippen LogP contribution >= 0.6 is 11.6 Å². The standard InChI is InChI=1S/C22H26ClN5O/c1-26-20(29)18-14-28(21-24-9-2-10-25-21)15-19(18)22(26)7-11-27(12-8-22)13-16-3-5-17(23)6-4-16/h2-6,9-10,18-19H,7-8,11-15H2,1H3/t18-,19+/m1/s1. The van der Waals surface area contributed by atoms with E-state index in [0.717, 1.165) is 56.5 Å². The predicted octanol–water partition coefficient (Wildman–Crippen LogP) is 2.69. The van der Waals surface area contributed by atoms with Gasteiger partial charge in [0.25, 0.3) is 0 Å². The Bertz CT molecular complexity index is 882. The van der Waals surface area contributed by atoms with Crippen molar-refractivity contribution in [2.45, 2.75) is 24.9 Å². The average Bonchev–Trinajstić information content (AvgIpc) is 3.28. The molecule has 5 rings (SSSR count). The number of fused-ring (bicyclic) bond motifs is 2. The Morgan fingerprint density at radius 1 is 1.10 bits per heavy atom. The van der Waals surface area contributed by atoms with Crippen molar-refractivity contribution in [1.82, 2.24) is 19.8 Å². The molecule has 2 aromatic rings. The monoisotopic (exact) mass is 411 g/mol. The second-order valence-corrected chi connectivity index (χ2v) is 9.01. The van der Waals surface area contributed by atoms with Gasteiger partial charge in [-0.3, -0.25) is 9.69 Å². The summed E-state index contributed by atoms with van der Waals surface area (Å²) in [6, 6.07) is 9.94. The van der Waals surface area contributed by atoms with Crippen LogP contribution in [0.3, 0.4) is 0 Å². The summed E-state index contributed by atoms with van der Waals surface area (Å²) in [4.78, 5) is 28.6. The van der Waals surface area contributed by atoms with E-state index in [1.807, 2.05) is 25.2 Å². The predicted molar refractivity (Wildman–Crippen MR) is 113 cm³/mol. The molecule has 0 N–H and O–H groups in total. The molecule has 3 saturated heterocycles. The summed E-state index contributed by atoms with van der Waals surface area (Å²) in [7, 11) is 2.01. The average molecular weight is 412 g/mol. The van der Waals surface area contributed by atoms with Gasteiger partial charge in [0.1, 0.15) is 0 Å². The van der Waals surface area contributed by atoms with Crippen molar-refractivity contribution in [2.75, 3.05) is 38.1 Å². The van der Waals surface area contributed by atoms with Crippen molar-refractivity contribution < 1.29 is 4.79 Å². The molecule has 1 aromatic heterocycles. The third-order valence-electron chi connectivity index (χ3n) is 7.20. The molecular weight excluding hydrogens is 386 g/mol. The van der Waals surface area contributed by atoms with Crippen LogP contribution in [0.2, 0.25) is 5.02 Å². The summed E-state index contributed by atoms with van der Waals surface area (Å²) in [5, 5.41) is 0.775. The molecule has 0 bridgehead atoms. The fourth-order valence-corrected chi connectivity index (χ4v) is 5.71. The van der Waals surface area contributed by atoms with Crippen LogP contribution in [0.25, 0.3) is 0 Å². The Balaban J connectivity index is 1.30. The van der Waals surface area contributed by atoms with E-state index in [1.54, 1.807) is 12.4 Å². The van der Waals surface area contributed by atoms with E-state index >= 15 is 0 Å². The number of aromatic nitrogens is 2. The molecule has 6 nitrogen and oxygen atoms in total. The largest absolute Gasteiger partial charge is 0.340 e. The van der Waals surface area contributed by atoms with Crippen molar-refractivity contribution in [1.29, 1.82) is 0 Å². The van der Waals surface area contributed by atoms with Crippen LogP contribution in [0.1, 0.15) is 18.4 Å². The molecule has 29 heavy (non-hydrogen) atoms. The Hall–Kier alpha value is -2.18. The van der Waals surface area contributed by atoms with Crippen LogP contribution in [0.4, 0.5) is 5.95 Å². The Morgan fingerprint density at radius 3 is 2.48 bits per heavy atom. The van der Waals surface area contributed by atoms with Crippen molar-refractivity contribution in [3.63, 3.8) is 0 Å². The van der Waals surface area contributed by atoms with Gasteiger partial charge in [-0.15, -0.1) is 0 Å². The van der Waals surface area contributed by atoms with Gasteiger partial charge in [-0.2, -0.15) is 0 Å². The third-order valence-corrected chi connectivity index (χ3v) is 7.45. The summed E-state index contributed by atoms with van der Waals surface area (Å²) in [5.74, 6) is 1.44. The van der Waals surface area contributed by atoms with Crippen LogP contribution in [0, 0.1) is 11.8 Å². The lowest BCUT2D eigenvalue weighted by Gasteiger charge is -2.46. The van der Waals surface area contributed by atoms with E-state index in [1.165, 1.54) is 5.56 Å². The maximum atomic E-state index is 13.1. The molecule has 7 heteroatoms. The molecule has 0 saturated carbocycles. The molecule has 3 aliphatic heterocycles. The van der Waals surface area contributed by atoms with Gasteiger partial charge in [-0.1, -0.05) is 23.7 Å². The summed E-state index contributed by atoms with van der Waals surface area (Å²) in [5.41, 5.74) is 1.24. The highest BCUT2D eigenvalue weighted by Gasteiger charge is 2.60. The van der Waals surface area contributed by atoms with Gasteiger partial charge in [0.15, 0.2) is 0 Å². The first kappa shape index (κ1) is 18.8. The molecule has 0 radical (unpaired) electrons. The maximum Gasteiger partial charge on any atom is 0.228 e. The lowest BCUT2D eigenvalue weighted by molar-refractivity contribution is -0.133. The summed E-state index contributed by atoms with van der Waals surface area (Å²) < 4.78 is 0. The van der Waals surface area contributed by atoms with Gasteiger partial charge in [-0.05, 0) is 36.6 Å². The first-order valence-electron chi connectivity index (χ1n) is 10.3. The summed E-state index contributed by atoms with van der Waals surface area (Å²) in [6.45, 7) is 4.54. The number of hydrogen-bond acceptors (Lipinski definition) is 5. The molecule has 1 aromatic carbocycles. The lowest BCUT2D eigenvalue weighted by atomic mass is 9.75. The number of carbonyl (C=O) groups is 1. The van der Waals surface area contributed by atoms with Crippen LogP contribution in [0.5, 0.6) is 0 Å². The van der Waals surface area contributed by atoms with Crippen molar-refractivity contribution in [3.8, 4) is 0 Å². The number of likely N-dealkylation sites (tertiary alicyclic amines) is 2. The molecule has 2 atom stereocenters. The van der Waals surface area contributed by atoms with Crippen LogP contribution in [-0.4, -0.2) is 64.4 Å². The zero-order valence-electron chi connectivity index (χ0n) is 16.7. The van der Waals surface area contributed by atoms with Crippen molar-refractivity contribution >= 4 is 23.5 Å². The number of carbonyl (C=O) groups excluding carboxylic acids is 1. The number of halogens is 1. The van der Waals surface area contributed by atoms with Gasteiger partial charge < -0.3 is 9.80 Å². The summed E-state index contributed by atoms with van der Waals surface area (Å²) in [6.07, 6.45) is 5.59. The van der Waals surface area contributed by atoms with E-state index in [-0.39, 0.29) is 11.5 Å². The number of rotatable bonds is 3. The number of amides is 1. The topological polar surface area (TPSA) is 52.6 Å². The number of piperidine rings is 1. The van der Waals surface area contributed by atoms with Crippen LogP contribution in [0.15, 0.2) is 42.7 Å². The maximum absolute atomic E-state index is 13.1. The highest BCUT2D eigenvalue weighted by molar-refractivity contribution is 6.30. The Kier molecular flexibility index (Phi) is 4.71. The zero-order chi connectivity index (χ0) is 20.0. The quantitative estimate of drug-likeness (QED) is 0.777. The first-order valence-corrected chi connectivity index (χ1v) is 10.7. The van der Waals surface area contributed by atoms with E-state index < -0.39 is 0 Å². The molecule has 3 aliphatic rings. The molecule has 1 amide bonds. The minimum atomic E-state index is -0.0399. The zero-order valence-corrected chi connectivity index (χ0v) is 17.4. The molecule has 1 spiro atoms. The second kappa shape index (κ2) is 7.26. The smallest absolute Gasteiger partial charge is 0.228 e. The molecule has 4 heterocycles. The highest BCUT2D eigenvalue weighted by atomic mass is 35.5. The minimum Gasteiger partial charge on any atom is -0.340 e. The van der Waals surface area contributed by atoms with E-state index in [2.05, 4.69) is 36.8 Å². The normalized spacial score (nSPS) is 26.3.